The zero-order valence-electron chi connectivity index (χ0n) is 21.8. The van der Waals surface area contributed by atoms with Gasteiger partial charge in [-0.25, -0.2) is 14.0 Å². The highest BCUT2D eigenvalue weighted by Crippen LogP contribution is 2.34. The highest BCUT2D eigenvalue weighted by molar-refractivity contribution is 6.10. The largest absolute Gasteiger partial charge is 0.446 e. The number of ether oxygens (including phenoxy) is 2. The third kappa shape index (κ3) is 6.63. The van der Waals surface area contributed by atoms with Gasteiger partial charge in [0.15, 0.2) is 0 Å². The number of nitrogens with zero attached hydrogens (tertiary/aromatic N) is 5. The van der Waals surface area contributed by atoms with E-state index in [2.05, 4.69) is 20.3 Å². The smallest absolute Gasteiger partial charge is 0.415 e. The monoisotopic (exact) mass is 547 g/mol. The van der Waals surface area contributed by atoms with Gasteiger partial charge in [-0.2, -0.15) is 0 Å². The van der Waals surface area contributed by atoms with Crippen LogP contribution in [0.4, 0.5) is 20.6 Å². The van der Waals surface area contributed by atoms with Crippen LogP contribution in [0.1, 0.15) is 45.4 Å². The Labute approximate surface area is 222 Å². The van der Waals surface area contributed by atoms with Crippen molar-refractivity contribution in [1.82, 2.24) is 9.55 Å². The summed E-state index contributed by atoms with van der Waals surface area (Å²) in [6, 6.07) is 2.65. The number of aromatic amines is 1. The molecule has 1 aromatic carbocycles. The molecule has 0 saturated carbocycles. The third-order valence-corrected chi connectivity index (χ3v) is 6.05. The van der Waals surface area contributed by atoms with Gasteiger partial charge in [0.25, 0.3) is 5.56 Å². The van der Waals surface area contributed by atoms with Gasteiger partial charge in [0.1, 0.15) is 18.1 Å². The Morgan fingerprint density at radius 2 is 2.08 bits per heavy atom. The number of aliphatic hydroxyl groups excluding tert-OH is 1. The number of amides is 2. The second-order valence-corrected chi connectivity index (χ2v) is 9.18. The molecule has 1 aromatic heterocycles. The predicted octanol–water partition coefficient (Wildman–Crippen LogP) is 2.71. The second-order valence-electron chi connectivity index (χ2n) is 9.18. The molecule has 14 nitrogen and oxygen atoms in total. The van der Waals surface area contributed by atoms with Gasteiger partial charge in [0, 0.05) is 23.1 Å². The molecular weight excluding hydrogens is 517 g/mol. The maximum Gasteiger partial charge on any atom is 0.415 e. The van der Waals surface area contributed by atoms with Crippen LogP contribution in [0, 0.1) is 12.7 Å². The van der Waals surface area contributed by atoms with E-state index in [1.165, 1.54) is 33.9 Å². The first-order valence-corrected chi connectivity index (χ1v) is 12.2. The maximum absolute atomic E-state index is 13.4. The Balaban J connectivity index is 0.000000216. The van der Waals surface area contributed by atoms with Crippen LogP contribution in [-0.2, 0) is 14.3 Å². The molecule has 39 heavy (non-hydrogen) atoms. The maximum atomic E-state index is 13.4. The molecule has 0 spiro atoms. The van der Waals surface area contributed by atoms with Gasteiger partial charge in [-0.15, -0.1) is 0 Å². The Morgan fingerprint density at radius 1 is 1.36 bits per heavy atom. The normalized spacial score (nSPS) is 21.8. The van der Waals surface area contributed by atoms with E-state index in [4.69, 9.17) is 20.1 Å². The number of halogens is 1. The van der Waals surface area contributed by atoms with Gasteiger partial charge in [-0.1, -0.05) is 12.0 Å². The lowest BCUT2D eigenvalue weighted by molar-refractivity contribution is -0.117. The molecular formula is C24H30FN7O7. The summed E-state index contributed by atoms with van der Waals surface area (Å²) in [5.74, 6) is -0.774. The molecule has 2 aliphatic heterocycles. The number of aromatic nitrogens is 2. The van der Waals surface area contributed by atoms with E-state index in [9.17, 15) is 23.6 Å². The molecule has 0 aliphatic carbocycles. The zero-order valence-corrected chi connectivity index (χ0v) is 21.8. The minimum absolute atomic E-state index is 0.265. The van der Waals surface area contributed by atoms with Crippen LogP contribution in [0.25, 0.3) is 10.4 Å². The molecule has 0 unspecified atom stereocenters. The number of nitrogens with one attached hydrogen (secondary N) is 2. The molecule has 3 N–H and O–H groups in total. The first-order chi connectivity index (χ1) is 18.5. The van der Waals surface area contributed by atoms with E-state index < -0.39 is 47.6 Å². The van der Waals surface area contributed by atoms with Gasteiger partial charge in [0.05, 0.1) is 36.2 Å². The van der Waals surface area contributed by atoms with Crippen molar-refractivity contribution < 1.29 is 28.6 Å². The first kappa shape index (κ1) is 29.4. The van der Waals surface area contributed by atoms with E-state index in [-0.39, 0.29) is 25.0 Å². The predicted molar refractivity (Wildman–Crippen MR) is 138 cm³/mol. The van der Waals surface area contributed by atoms with Crippen molar-refractivity contribution in [3.63, 3.8) is 0 Å². The zero-order chi connectivity index (χ0) is 28.9. The van der Waals surface area contributed by atoms with Crippen molar-refractivity contribution in [2.75, 3.05) is 16.8 Å². The van der Waals surface area contributed by atoms with E-state index in [0.717, 1.165) is 0 Å². The summed E-state index contributed by atoms with van der Waals surface area (Å²) in [6.07, 6.45) is -0.222. The molecule has 0 bridgehead atoms. The molecule has 1 fully saturated rings. The number of anilines is 2. The Bertz CT molecular complexity index is 1390. The number of hydrogen-bond donors (Lipinski definition) is 3. The molecule has 4 rings (SSSR count). The van der Waals surface area contributed by atoms with E-state index in [1.807, 2.05) is 0 Å². The fourth-order valence-electron chi connectivity index (χ4n) is 4.20. The standard InChI is InChI=1S/C14H17FN2O3.C10H13N5O4/c1-4-11-13(18)16-10-6-5-9(15)7-12(10)17(11)14(19)20-8(2)3;1-5-3-15(10(18)12-9(5)17)8-2-6(13-14-11)7(4-16)19-8/h5-8,11H,4H2,1-3H3,(H,16,18);3,6-8,16H,2,4H2,1H3,(H,12,17,18)/t11-;6-,7+,8+/m00/s1. The fourth-order valence-corrected chi connectivity index (χ4v) is 4.20. The number of fused-ring (bicyclic) bond motifs is 1. The number of carbonyl (C=O) groups is 2. The minimum Gasteiger partial charge on any atom is -0.446 e. The van der Waals surface area contributed by atoms with Gasteiger partial charge in [-0.05, 0) is 50.9 Å². The van der Waals surface area contributed by atoms with Crippen LogP contribution in [0.2, 0.25) is 0 Å². The number of azide groups is 1. The summed E-state index contributed by atoms with van der Waals surface area (Å²) in [5.41, 5.74) is 8.48. The van der Waals surface area contributed by atoms with Crippen LogP contribution in [0.5, 0.6) is 0 Å². The van der Waals surface area contributed by atoms with Crippen molar-refractivity contribution in [2.45, 2.75) is 71.1 Å². The summed E-state index contributed by atoms with van der Waals surface area (Å²) in [7, 11) is 0. The van der Waals surface area contributed by atoms with Crippen molar-refractivity contribution in [3.05, 3.63) is 67.1 Å². The highest BCUT2D eigenvalue weighted by atomic mass is 19.1. The summed E-state index contributed by atoms with van der Waals surface area (Å²) in [5, 5.41) is 15.3. The number of aliphatic hydroxyl groups is 1. The molecule has 2 amide bonds. The van der Waals surface area contributed by atoms with Crippen LogP contribution in [0.3, 0.4) is 0 Å². The SMILES string of the molecule is CC[C@H]1C(=O)Nc2ccc(F)cc2N1C(=O)OC(C)C.Cc1cn([C@H]2C[C@H](N=[N+]=[N-])[C@@H](CO)O2)c(=O)[nH]c1=O. The summed E-state index contributed by atoms with van der Waals surface area (Å²) in [4.78, 5) is 53.3. The number of aryl methyl sites for hydroxylation is 1. The molecule has 2 aliphatic rings. The Morgan fingerprint density at radius 3 is 2.69 bits per heavy atom. The molecule has 4 atom stereocenters. The van der Waals surface area contributed by atoms with Crippen LogP contribution >= 0.6 is 0 Å². The van der Waals surface area contributed by atoms with E-state index >= 15 is 0 Å². The Kier molecular flexibility index (Phi) is 9.46. The van der Waals surface area contributed by atoms with Crippen LogP contribution in [0.15, 0.2) is 39.1 Å². The van der Waals surface area contributed by atoms with Crippen molar-refractivity contribution in [1.29, 1.82) is 0 Å². The van der Waals surface area contributed by atoms with Crippen LogP contribution < -0.4 is 21.5 Å². The number of carbonyl (C=O) groups excluding carboxylic acids is 2. The minimum atomic E-state index is -0.699. The van der Waals surface area contributed by atoms with Gasteiger partial charge in [0.2, 0.25) is 5.91 Å². The lowest BCUT2D eigenvalue weighted by Gasteiger charge is -2.35. The molecule has 210 valence electrons. The van der Waals surface area contributed by atoms with E-state index in [0.29, 0.717) is 23.4 Å². The highest BCUT2D eigenvalue weighted by Gasteiger charge is 2.37. The number of H-pyrrole nitrogens is 1. The average Bonchev–Trinajstić information content (AvgIpc) is 3.28. The molecule has 15 heteroatoms. The van der Waals surface area contributed by atoms with Gasteiger partial charge in [-0.3, -0.25) is 24.0 Å². The summed E-state index contributed by atoms with van der Waals surface area (Å²) in [6.45, 7) is 6.48. The summed E-state index contributed by atoms with van der Waals surface area (Å²) < 4.78 is 25.3. The molecule has 2 aromatic rings. The van der Waals surface area contributed by atoms with Crippen molar-refractivity contribution in [2.24, 2.45) is 5.11 Å². The molecule has 0 radical (unpaired) electrons. The number of benzene rings is 1. The lowest BCUT2D eigenvalue weighted by atomic mass is 10.1. The van der Waals surface area contributed by atoms with Gasteiger partial charge < -0.3 is 19.9 Å². The third-order valence-electron chi connectivity index (χ3n) is 6.05. The van der Waals surface area contributed by atoms with E-state index in [1.54, 1.807) is 27.7 Å². The quantitative estimate of drug-likeness (QED) is 0.291. The number of hydrogen-bond acceptors (Lipinski definition) is 8. The van der Waals surface area contributed by atoms with Crippen LogP contribution in [-0.4, -0.2) is 57.6 Å². The summed E-state index contributed by atoms with van der Waals surface area (Å²) >= 11 is 0. The Hall–Kier alpha value is -4.20. The second kappa shape index (κ2) is 12.6. The number of rotatable bonds is 5. The van der Waals surface area contributed by atoms with Crippen molar-refractivity contribution in [3.8, 4) is 0 Å². The first-order valence-electron chi connectivity index (χ1n) is 12.2. The lowest BCUT2D eigenvalue weighted by Crippen LogP contribution is -2.51. The van der Waals surface area contributed by atoms with Gasteiger partial charge >= 0.3 is 11.8 Å². The van der Waals surface area contributed by atoms with Crippen molar-refractivity contribution >= 4 is 23.4 Å². The average molecular weight is 548 g/mol. The molecule has 1 saturated heterocycles. The fraction of sp³-hybridized carbons (Fsp3) is 0.500. The molecule has 3 heterocycles. The topological polar surface area (TPSA) is 192 Å².